The number of ether oxygens (including phenoxy) is 1. The van der Waals surface area contributed by atoms with E-state index in [4.69, 9.17) is 4.74 Å². The highest BCUT2D eigenvalue weighted by atomic mass is 79.9. The van der Waals surface area contributed by atoms with E-state index in [0.717, 1.165) is 27.2 Å². The molecule has 0 atom stereocenters. The second-order valence-corrected chi connectivity index (χ2v) is 6.73. The second-order valence-electron chi connectivity index (χ2n) is 4.58. The monoisotopic (exact) mass is 352 g/mol. The molecular formula is C14H13BrN2O2S. The highest BCUT2D eigenvalue weighted by Gasteiger charge is 2.18. The normalized spacial score (nSPS) is 12.9. The lowest BCUT2D eigenvalue weighted by atomic mass is 10.1. The van der Waals surface area contributed by atoms with Crippen LogP contribution in [0.1, 0.15) is 25.8 Å². The van der Waals surface area contributed by atoms with E-state index in [-0.39, 0.29) is 5.91 Å². The summed E-state index contributed by atoms with van der Waals surface area (Å²) < 4.78 is 6.66. The Hall–Kier alpha value is -1.40. The van der Waals surface area contributed by atoms with E-state index in [1.54, 1.807) is 6.20 Å². The Labute approximate surface area is 129 Å². The molecule has 1 aliphatic rings. The maximum Gasteiger partial charge on any atom is 0.263 e. The molecule has 2 heterocycles. The third-order valence-electron chi connectivity index (χ3n) is 3.11. The zero-order valence-corrected chi connectivity index (χ0v) is 13.3. The van der Waals surface area contributed by atoms with Gasteiger partial charge in [-0.15, -0.1) is 11.3 Å². The Kier molecular flexibility index (Phi) is 3.76. The summed E-state index contributed by atoms with van der Waals surface area (Å²) in [7, 11) is 0. The number of hydrogen-bond acceptors (Lipinski definition) is 4. The zero-order valence-electron chi connectivity index (χ0n) is 10.9. The van der Waals surface area contributed by atoms with Gasteiger partial charge in [-0.2, -0.15) is 0 Å². The maximum atomic E-state index is 12.0. The first-order valence-corrected chi connectivity index (χ1v) is 7.89. The van der Waals surface area contributed by atoms with E-state index in [2.05, 4.69) is 32.3 Å². The van der Waals surface area contributed by atoms with Gasteiger partial charge >= 0.3 is 0 Å². The van der Waals surface area contributed by atoms with E-state index in [1.807, 2.05) is 13.0 Å². The van der Waals surface area contributed by atoms with Gasteiger partial charge in [0.05, 0.1) is 17.8 Å². The van der Waals surface area contributed by atoms with Gasteiger partial charge in [-0.25, -0.2) is 4.98 Å². The molecule has 0 saturated carbocycles. The number of carbonyl (C=O) groups is 1. The molecule has 1 N–H and O–H groups in total. The Morgan fingerprint density at radius 1 is 1.55 bits per heavy atom. The molecule has 0 radical (unpaired) electrons. The van der Waals surface area contributed by atoms with Crippen LogP contribution in [-0.4, -0.2) is 17.5 Å². The fraction of sp³-hybridized carbons (Fsp3) is 0.286. The molecule has 4 nitrogen and oxygen atoms in total. The second kappa shape index (κ2) is 5.54. The minimum Gasteiger partial charge on any atom is -0.493 e. The molecule has 1 amide bonds. The molecule has 20 heavy (non-hydrogen) atoms. The molecule has 3 rings (SSSR count). The Morgan fingerprint density at radius 2 is 2.40 bits per heavy atom. The summed E-state index contributed by atoms with van der Waals surface area (Å²) in [5, 5.41) is 3.81. The van der Waals surface area contributed by atoms with Crippen LogP contribution in [0.15, 0.2) is 22.8 Å². The molecule has 0 bridgehead atoms. The number of hydrogen-bond donors (Lipinski definition) is 1. The lowest BCUT2D eigenvalue weighted by molar-refractivity contribution is 0.0954. The van der Waals surface area contributed by atoms with Gasteiger partial charge in [-0.3, -0.25) is 4.79 Å². The number of fused-ring (bicyclic) bond motifs is 1. The third-order valence-corrected chi connectivity index (χ3v) is 4.48. The van der Waals surface area contributed by atoms with Crippen molar-refractivity contribution < 1.29 is 9.53 Å². The molecule has 2 aromatic rings. The number of halogens is 1. The van der Waals surface area contributed by atoms with Crippen molar-refractivity contribution in [2.45, 2.75) is 19.9 Å². The summed E-state index contributed by atoms with van der Waals surface area (Å²) in [6.45, 7) is 3.05. The van der Waals surface area contributed by atoms with Crippen molar-refractivity contribution in [1.29, 1.82) is 0 Å². The molecule has 0 spiro atoms. The summed E-state index contributed by atoms with van der Waals surface area (Å²) in [6, 6.07) is 4.06. The average Bonchev–Trinajstić information content (AvgIpc) is 3.03. The Balaban J connectivity index is 1.74. The number of thiazole rings is 1. The number of carbonyl (C=O) groups excluding carboxylic acids is 1. The topological polar surface area (TPSA) is 51.2 Å². The standard InChI is InChI=1S/C14H13BrN2O2S/c1-8-16-7-12(20-8)14(18)17-6-10-5-11(15)4-9-2-3-19-13(9)10/h4-5,7H,2-3,6H2,1H3,(H,17,18). The fourth-order valence-electron chi connectivity index (χ4n) is 2.21. The lowest BCUT2D eigenvalue weighted by Gasteiger charge is -2.09. The van der Waals surface area contributed by atoms with Gasteiger partial charge in [-0.05, 0) is 24.6 Å². The largest absolute Gasteiger partial charge is 0.493 e. The Bertz CT molecular complexity index is 669. The number of nitrogens with one attached hydrogen (secondary N) is 1. The predicted octanol–water partition coefficient (Wildman–Crippen LogP) is 3.08. The molecule has 104 valence electrons. The van der Waals surface area contributed by atoms with Crippen LogP contribution >= 0.6 is 27.3 Å². The van der Waals surface area contributed by atoms with Crippen molar-refractivity contribution in [3.63, 3.8) is 0 Å². The van der Waals surface area contributed by atoms with Crippen molar-refractivity contribution in [3.8, 4) is 5.75 Å². The number of amides is 1. The highest BCUT2D eigenvalue weighted by Crippen LogP contribution is 2.32. The van der Waals surface area contributed by atoms with E-state index in [9.17, 15) is 4.79 Å². The van der Waals surface area contributed by atoms with Crippen LogP contribution in [0.4, 0.5) is 0 Å². The first-order valence-electron chi connectivity index (χ1n) is 6.28. The van der Waals surface area contributed by atoms with Crippen molar-refractivity contribution >= 4 is 33.2 Å². The number of aryl methyl sites for hydroxylation is 1. The number of nitrogens with zero attached hydrogens (tertiary/aromatic N) is 1. The average molecular weight is 353 g/mol. The molecule has 6 heteroatoms. The fourth-order valence-corrected chi connectivity index (χ4v) is 3.45. The molecular weight excluding hydrogens is 340 g/mol. The van der Waals surface area contributed by atoms with Crippen molar-refractivity contribution in [2.75, 3.05) is 6.61 Å². The first kappa shape index (κ1) is 13.6. The molecule has 0 unspecified atom stereocenters. The smallest absolute Gasteiger partial charge is 0.263 e. The first-order chi connectivity index (χ1) is 9.63. The molecule has 0 fully saturated rings. The summed E-state index contributed by atoms with van der Waals surface area (Å²) in [5.74, 6) is 0.816. The quantitative estimate of drug-likeness (QED) is 0.923. The summed E-state index contributed by atoms with van der Waals surface area (Å²) >= 11 is 4.89. The van der Waals surface area contributed by atoms with E-state index >= 15 is 0 Å². The van der Waals surface area contributed by atoms with Gasteiger partial charge in [0.25, 0.3) is 5.91 Å². The van der Waals surface area contributed by atoms with Crippen LogP contribution in [0.25, 0.3) is 0 Å². The predicted molar refractivity (Wildman–Crippen MR) is 81.4 cm³/mol. The van der Waals surface area contributed by atoms with Crippen molar-refractivity contribution in [1.82, 2.24) is 10.3 Å². The van der Waals surface area contributed by atoms with Crippen LogP contribution in [0.5, 0.6) is 5.75 Å². The summed E-state index contributed by atoms with van der Waals surface area (Å²) in [6.07, 6.45) is 2.53. The number of aromatic nitrogens is 1. The number of benzene rings is 1. The molecule has 0 aliphatic carbocycles. The van der Waals surface area contributed by atoms with Crippen molar-refractivity contribution in [2.24, 2.45) is 0 Å². The molecule has 1 aromatic carbocycles. The molecule has 1 aliphatic heterocycles. The van der Waals surface area contributed by atoms with Crippen LogP contribution in [-0.2, 0) is 13.0 Å². The van der Waals surface area contributed by atoms with Crippen LogP contribution in [0.3, 0.4) is 0 Å². The zero-order chi connectivity index (χ0) is 14.1. The van der Waals surface area contributed by atoms with Gasteiger partial charge in [0.15, 0.2) is 0 Å². The lowest BCUT2D eigenvalue weighted by Crippen LogP contribution is -2.22. The summed E-state index contributed by atoms with van der Waals surface area (Å²) in [4.78, 5) is 16.7. The SMILES string of the molecule is Cc1ncc(C(=O)NCc2cc(Br)cc3c2OCC3)s1. The maximum absolute atomic E-state index is 12.0. The highest BCUT2D eigenvalue weighted by molar-refractivity contribution is 9.10. The molecule has 1 aromatic heterocycles. The van der Waals surface area contributed by atoms with E-state index in [1.165, 1.54) is 16.9 Å². The molecule has 0 saturated heterocycles. The van der Waals surface area contributed by atoms with Crippen LogP contribution in [0, 0.1) is 6.92 Å². The third kappa shape index (κ3) is 2.71. The van der Waals surface area contributed by atoms with Gasteiger partial charge in [0, 0.05) is 23.0 Å². The van der Waals surface area contributed by atoms with Crippen LogP contribution in [0.2, 0.25) is 0 Å². The Morgan fingerprint density at radius 3 is 3.15 bits per heavy atom. The minimum absolute atomic E-state index is 0.0951. The van der Waals surface area contributed by atoms with Gasteiger partial charge in [-0.1, -0.05) is 15.9 Å². The number of rotatable bonds is 3. The van der Waals surface area contributed by atoms with Crippen LogP contribution < -0.4 is 10.1 Å². The van der Waals surface area contributed by atoms with Gasteiger partial charge < -0.3 is 10.1 Å². The van der Waals surface area contributed by atoms with Gasteiger partial charge in [0.1, 0.15) is 10.6 Å². The minimum atomic E-state index is -0.0951. The van der Waals surface area contributed by atoms with Gasteiger partial charge in [0.2, 0.25) is 0 Å². The summed E-state index contributed by atoms with van der Waals surface area (Å²) in [5.41, 5.74) is 2.19. The van der Waals surface area contributed by atoms with E-state index < -0.39 is 0 Å². The van der Waals surface area contributed by atoms with E-state index in [0.29, 0.717) is 18.0 Å². The van der Waals surface area contributed by atoms with Crippen molar-refractivity contribution in [3.05, 3.63) is 43.8 Å².